The second kappa shape index (κ2) is 7.52. The predicted molar refractivity (Wildman–Crippen MR) is 85.4 cm³/mol. The second-order valence-electron chi connectivity index (χ2n) is 4.91. The van der Waals surface area contributed by atoms with Crippen molar-refractivity contribution in [2.45, 2.75) is 19.8 Å². The third-order valence-corrected chi connectivity index (χ3v) is 3.48. The molecular formula is C18H19NO3. The Bertz CT molecular complexity index is 680. The van der Waals surface area contributed by atoms with Crippen molar-refractivity contribution in [3.63, 3.8) is 0 Å². The van der Waals surface area contributed by atoms with E-state index in [1.165, 1.54) is 5.56 Å². The van der Waals surface area contributed by atoms with Crippen molar-refractivity contribution >= 4 is 11.7 Å². The fourth-order valence-corrected chi connectivity index (χ4v) is 2.38. The van der Waals surface area contributed by atoms with Crippen LogP contribution in [0.3, 0.4) is 0 Å². The molecule has 3 rings (SSSR count). The number of Topliss-reactive ketones (excluding diaryl/α,β-unsaturated/α-hetero) is 1. The first-order valence-corrected chi connectivity index (χ1v) is 7.25. The van der Waals surface area contributed by atoms with Crippen LogP contribution in [0.4, 0.5) is 0 Å². The molecule has 0 heterocycles. The normalized spacial score (nSPS) is 11.6. The quantitative estimate of drug-likeness (QED) is 0.837. The molecule has 0 radical (unpaired) electrons. The van der Waals surface area contributed by atoms with Crippen LogP contribution in [0.2, 0.25) is 0 Å². The smallest absolute Gasteiger partial charge is 0.221 e. The standard InChI is InChI=1S/C14H10O.C4H9NO2/c15-14-9-10-5-1-2-6-11(10)12-7-3-4-8-13(12)14;1-2-4(7)5-3-6/h1-8H,9H2;6H,2-3H2,1H3,(H,5,7). The van der Waals surface area contributed by atoms with Gasteiger partial charge in [-0.3, -0.25) is 9.59 Å². The van der Waals surface area contributed by atoms with E-state index in [1.807, 2.05) is 42.5 Å². The van der Waals surface area contributed by atoms with Gasteiger partial charge in [0.15, 0.2) is 5.78 Å². The van der Waals surface area contributed by atoms with Gasteiger partial charge in [-0.2, -0.15) is 0 Å². The summed E-state index contributed by atoms with van der Waals surface area (Å²) < 4.78 is 0. The SMILES string of the molecule is CCC(=O)NCO.O=C1Cc2ccccc2-c2ccccc21. The Morgan fingerprint density at radius 3 is 2.23 bits per heavy atom. The average Bonchev–Trinajstić information content (AvgIpc) is 2.56. The van der Waals surface area contributed by atoms with E-state index in [0.29, 0.717) is 12.8 Å². The molecule has 4 nitrogen and oxygen atoms in total. The van der Waals surface area contributed by atoms with Crippen LogP contribution in [-0.4, -0.2) is 23.5 Å². The summed E-state index contributed by atoms with van der Waals surface area (Å²) in [5.74, 6) is 0.104. The van der Waals surface area contributed by atoms with Crippen molar-refractivity contribution < 1.29 is 14.7 Å². The van der Waals surface area contributed by atoms with Gasteiger partial charge in [0, 0.05) is 18.4 Å². The second-order valence-corrected chi connectivity index (χ2v) is 4.91. The minimum Gasteiger partial charge on any atom is -0.377 e. The average molecular weight is 297 g/mol. The van der Waals surface area contributed by atoms with E-state index in [1.54, 1.807) is 6.92 Å². The van der Waals surface area contributed by atoms with Crippen LogP contribution in [0.5, 0.6) is 0 Å². The molecular weight excluding hydrogens is 278 g/mol. The first kappa shape index (κ1) is 15.9. The number of fused-ring (bicyclic) bond motifs is 3. The van der Waals surface area contributed by atoms with Crippen LogP contribution < -0.4 is 5.32 Å². The number of benzene rings is 2. The zero-order chi connectivity index (χ0) is 15.9. The van der Waals surface area contributed by atoms with E-state index in [4.69, 9.17) is 5.11 Å². The zero-order valence-electron chi connectivity index (χ0n) is 12.5. The number of amides is 1. The van der Waals surface area contributed by atoms with E-state index >= 15 is 0 Å². The van der Waals surface area contributed by atoms with E-state index in [-0.39, 0.29) is 18.4 Å². The molecule has 0 unspecified atom stereocenters. The first-order chi connectivity index (χ1) is 10.7. The maximum absolute atomic E-state index is 11.8. The van der Waals surface area contributed by atoms with Crippen molar-refractivity contribution in [2.75, 3.05) is 6.73 Å². The number of nitrogens with one attached hydrogen (secondary N) is 1. The van der Waals surface area contributed by atoms with Gasteiger partial charge in [-0.25, -0.2) is 0 Å². The fraction of sp³-hybridized carbons (Fsp3) is 0.222. The number of carbonyl (C=O) groups is 2. The molecule has 2 aromatic rings. The molecule has 0 saturated heterocycles. The Kier molecular flexibility index (Phi) is 5.44. The summed E-state index contributed by atoms with van der Waals surface area (Å²) in [5.41, 5.74) is 4.27. The van der Waals surface area contributed by atoms with E-state index in [2.05, 4.69) is 11.4 Å². The number of hydrogen-bond acceptors (Lipinski definition) is 3. The van der Waals surface area contributed by atoms with Crippen LogP contribution in [0.15, 0.2) is 48.5 Å². The monoisotopic (exact) mass is 297 g/mol. The number of carbonyl (C=O) groups excluding carboxylic acids is 2. The molecule has 114 valence electrons. The lowest BCUT2D eigenvalue weighted by Gasteiger charge is -2.18. The number of ketones is 1. The van der Waals surface area contributed by atoms with Crippen LogP contribution in [0.25, 0.3) is 11.1 Å². The van der Waals surface area contributed by atoms with Gasteiger partial charge in [0.05, 0.1) is 0 Å². The number of rotatable bonds is 2. The third kappa shape index (κ3) is 3.59. The van der Waals surface area contributed by atoms with Crippen molar-refractivity contribution in [3.05, 3.63) is 59.7 Å². The molecule has 0 fully saturated rings. The van der Waals surface area contributed by atoms with Gasteiger partial charge in [-0.15, -0.1) is 0 Å². The molecule has 1 amide bonds. The molecule has 1 aliphatic rings. The molecule has 4 heteroatoms. The Labute approximate surface area is 129 Å². The van der Waals surface area contributed by atoms with Crippen LogP contribution in [0, 0.1) is 0 Å². The van der Waals surface area contributed by atoms with Crippen LogP contribution in [0.1, 0.15) is 29.3 Å². The topological polar surface area (TPSA) is 66.4 Å². The summed E-state index contributed by atoms with van der Waals surface area (Å²) in [4.78, 5) is 22.0. The molecule has 0 atom stereocenters. The molecule has 0 saturated carbocycles. The minimum atomic E-state index is -0.257. The molecule has 22 heavy (non-hydrogen) atoms. The molecule has 0 bridgehead atoms. The Hall–Kier alpha value is -2.46. The third-order valence-electron chi connectivity index (χ3n) is 3.48. The summed E-state index contributed by atoms with van der Waals surface area (Å²) in [6, 6.07) is 16.0. The summed E-state index contributed by atoms with van der Waals surface area (Å²) in [6.07, 6.45) is 0.966. The number of hydrogen-bond donors (Lipinski definition) is 2. The Morgan fingerprint density at radius 1 is 1.05 bits per heavy atom. The number of aliphatic hydroxyl groups excluding tert-OH is 1. The van der Waals surface area contributed by atoms with Gasteiger partial charge in [0.25, 0.3) is 0 Å². The lowest BCUT2D eigenvalue weighted by Crippen LogP contribution is -2.22. The number of aliphatic hydroxyl groups is 1. The van der Waals surface area contributed by atoms with Crippen LogP contribution >= 0.6 is 0 Å². The highest BCUT2D eigenvalue weighted by atomic mass is 16.3. The van der Waals surface area contributed by atoms with Gasteiger partial charge in [-0.05, 0) is 16.7 Å². The van der Waals surface area contributed by atoms with Gasteiger partial charge in [0.2, 0.25) is 5.91 Å². The molecule has 0 spiro atoms. The summed E-state index contributed by atoms with van der Waals surface area (Å²) >= 11 is 0. The Balaban J connectivity index is 0.000000217. The van der Waals surface area contributed by atoms with Crippen LogP contribution in [-0.2, 0) is 11.2 Å². The van der Waals surface area contributed by atoms with Gasteiger partial charge in [0.1, 0.15) is 6.73 Å². The van der Waals surface area contributed by atoms with Gasteiger partial charge < -0.3 is 10.4 Å². The summed E-state index contributed by atoms with van der Waals surface area (Å²) in [7, 11) is 0. The van der Waals surface area contributed by atoms with Crippen molar-refractivity contribution in [2.24, 2.45) is 0 Å². The highest BCUT2D eigenvalue weighted by Crippen LogP contribution is 2.32. The van der Waals surface area contributed by atoms with E-state index in [9.17, 15) is 9.59 Å². The van der Waals surface area contributed by atoms with E-state index < -0.39 is 0 Å². The molecule has 2 aromatic carbocycles. The molecule has 2 N–H and O–H groups in total. The highest BCUT2D eigenvalue weighted by Gasteiger charge is 2.20. The lowest BCUT2D eigenvalue weighted by atomic mass is 9.85. The predicted octanol–water partition coefficient (Wildman–Crippen LogP) is 2.55. The first-order valence-electron chi connectivity index (χ1n) is 7.25. The molecule has 0 aliphatic heterocycles. The van der Waals surface area contributed by atoms with Crippen molar-refractivity contribution in [1.82, 2.24) is 5.32 Å². The van der Waals surface area contributed by atoms with Crippen molar-refractivity contribution in [1.29, 1.82) is 0 Å². The lowest BCUT2D eigenvalue weighted by molar-refractivity contribution is -0.121. The summed E-state index contributed by atoms with van der Waals surface area (Å²) in [6.45, 7) is 1.47. The van der Waals surface area contributed by atoms with Gasteiger partial charge >= 0.3 is 0 Å². The Morgan fingerprint density at radius 2 is 1.64 bits per heavy atom. The summed E-state index contributed by atoms with van der Waals surface area (Å²) in [5, 5.41) is 10.2. The minimum absolute atomic E-state index is 0.123. The van der Waals surface area contributed by atoms with Crippen molar-refractivity contribution in [3.8, 4) is 11.1 Å². The largest absolute Gasteiger partial charge is 0.377 e. The maximum Gasteiger partial charge on any atom is 0.221 e. The molecule has 1 aliphatic carbocycles. The molecule has 0 aromatic heterocycles. The fourth-order valence-electron chi connectivity index (χ4n) is 2.38. The zero-order valence-corrected chi connectivity index (χ0v) is 12.5. The van der Waals surface area contributed by atoms with E-state index in [0.717, 1.165) is 16.7 Å². The highest BCUT2D eigenvalue weighted by molar-refractivity contribution is 6.07. The van der Waals surface area contributed by atoms with Gasteiger partial charge in [-0.1, -0.05) is 55.5 Å². The maximum atomic E-state index is 11.8.